The van der Waals surface area contributed by atoms with Crippen LogP contribution in [0.3, 0.4) is 0 Å². The Kier molecular flexibility index (Phi) is 3.73. The summed E-state index contributed by atoms with van der Waals surface area (Å²) in [7, 11) is 0. The van der Waals surface area contributed by atoms with E-state index in [1.165, 1.54) is 0 Å². The van der Waals surface area contributed by atoms with Gasteiger partial charge in [0.2, 0.25) is 0 Å². The molecule has 6 heteroatoms. The van der Waals surface area contributed by atoms with Gasteiger partial charge in [-0.2, -0.15) is 0 Å². The van der Waals surface area contributed by atoms with Crippen LogP contribution in [0.1, 0.15) is 31.8 Å². The van der Waals surface area contributed by atoms with Gasteiger partial charge in [0.05, 0.1) is 16.8 Å². The van der Waals surface area contributed by atoms with Gasteiger partial charge >= 0.3 is 5.97 Å². The van der Waals surface area contributed by atoms with Crippen LogP contribution < -0.4 is 0 Å². The lowest BCUT2D eigenvalue weighted by molar-refractivity contribution is 0.0692. The first-order chi connectivity index (χ1) is 12.0. The second kappa shape index (κ2) is 5.93. The number of aromatic carboxylic acids is 1. The minimum atomic E-state index is -1.04. The van der Waals surface area contributed by atoms with Crippen molar-refractivity contribution in [2.24, 2.45) is 0 Å². The molecule has 0 atom stereocenters. The molecule has 0 radical (unpaired) electrons. The molecule has 1 aliphatic heterocycles. The number of amides is 1. The first-order valence-corrected chi connectivity index (χ1v) is 8.22. The van der Waals surface area contributed by atoms with Crippen molar-refractivity contribution in [2.75, 3.05) is 6.54 Å². The van der Waals surface area contributed by atoms with Crippen molar-refractivity contribution in [3.63, 3.8) is 0 Å². The number of benzene rings is 2. The average molecular weight is 356 g/mol. The summed E-state index contributed by atoms with van der Waals surface area (Å²) in [6.07, 6.45) is 2.19. The summed E-state index contributed by atoms with van der Waals surface area (Å²) in [6.45, 7) is 0.937. The maximum absolute atomic E-state index is 12.8. The van der Waals surface area contributed by atoms with E-state index in [0.717, 1.165) is 16.5 Å². The zero-order chi connectivity index (χ0) is 17.6. The molecule has 4 rings (SSSR count). The molecule has 25 heavy (non-hydrogen) atoms. The Morgan fingerprint density at radius 3 is 2.76 bits per heavy atom. The van der Waals surface area contributed by atoms with Gasteiger partial charge in [-0.25, -0.2) is 4.79 Å². The highest BCUT2D eigenvalue weighted by molar-refractivity contribution is 6.33. The van der Waals surface area contributed by atoms with Crippen LogP contribution in [0.15, 0.2) is 47.1 Å². The van der Waals surface area contributed by atoms with Crippen LogP contribution in [-0.4, -0.2) is 28.4 Å². The second-order valence-electron chi connectivity index (χ2n) is 6.06. The van der Waals surface area contributed by atoms with E-state index in [1.807, 2.05) is 12.1 Å². The highest BCUT2D eigenvalue weighted by Gasteiger charge is 2.24. The molecule has 2 heterocycles. The smallest absolute Gasteiger partial charge is 0.337 e. The van der Waals surface area contributed by atoms with Crippen molar-refractivity contribution < 1.29 is 19.1 Å². The third-order valence-electron chi connectivity index (χ3n) is 4.52. The SMILES string of the molecule is O=C(O)c1cc2c(cc1Cl)CN(C(=O)c1ccc3ccoc3c1)CC2. The van der Waals surface area contributed by atoms with E-state index in [9.17, 15) is 9.59 Å². The average Bonchev–Trinajstić information content (AvgIpc) is 3.07. The van der Waals surface area contributed by atoms with Crippen molar-refractivity contribution in [3.8, 4) is 0 Å². The van der Waals surface area contributed by atoms with Gasteiger partial charge in [-0.05, 0) is 47.9 Å². The van der Waals surface area contributed by atoms with Gasteiger partial charge in [0.15, 0.2) is 0 Å². The lowest BCUT2D eigenvalue weighted by Crippen LogP contribution is -2.36. The minimum absolute atomic E-state index is 0.0811. The van der Waals surface area contributed by atoms with Crippen molar-refractivity contribution in [3.05, 3.63) is 69.9 Å². The van der Waals surface area contributed by atoms with Crippen molar-refractivity contribution in [1.29, 1.82) is 0 Å². The fourth-order valence-corrected chi connectivity index (χ4v) is 3.45. The van der Waals surface area contributed by atoms with Crippen LogP contribution in [0.4, 0.5) is 0 Å². The summed E-state index contributed by atoms with van der Waals surface area (Å²) in [5.41, 5.74) is 3.15. The topological polar surface area (TPSA) is 70.8 Å². The number of carboxylic acids is 1. The van der Waals surface area contributed by atoms with Crippen LogP contribution in [0.2, 0.25) is 5.02 Å². The Morgan fingerprint density at radius 1 is 1.12 bits per heavy atom. The van der Waals surface area contributed by atoms with E-state index in [2.05, 4.69) is 0 Å². The molecule has 1 N–H and O–H groups in total. The Labute approximate surface area is 148 Å². The molecule has 0 saturated carbocycles. The van der Waals surface area contributed by atoms with Crippen molar-refractivity contribution in [2.45, 2.75) is 13.0 Å². The minimum Gasteiger partial charge on any atom is -0.478 e. The van der Waals surface area contributed by atoms with Crippen LogP contribution in [0.5, 0.6) is 0 Å². The fraction of sp³-hybridized carbons (Fsp3) is 0.158. The van der Waals surface area contributed by atoms with Crippen LogP contribution in [0, 0.1) is 0 Å². The van der Waals surface area contributed by atoms with Gasteiger partial charge < -0.3 is 14.4 Å². The molecular weight excluding hydrogens is 342 g/mol. The van der Waals surface area contributed by atoms with E-state index >= 15 is 0 Å². The number of carbonyl (C=O) groups is 2. The number of rotatable bonds is 2. The van der Waals surface area contributed by atoms with Crippen LogP contribution in [-0.2, 0) is 13.0 Å². The van der Waals surface area contributed by atoms with E-state index < -0.39 is 5.97 Å². The normalized spacial score (nSPS) is 13.7. The molecule has 0 spiro atoms. The number of hydrogen-bond acceptors (Lipinski definition) is 3. The molecule has 5 nitrogen and oxygen atoms in total. The largest absolute Gasteiger partial charge is 0.478 e. The summed E-state index contributed by atoms with van der Waals surface area (Å²) in [6, 6.07) is 10.5. The molecule has 0 saturated heterocycles. The summed E-state index contributed by atoms with van der Waals surface area (Å²) < 4.78 is 5.36. The number of carboxylic acid groups (broad SMARTS) is 1. The number of halogens is 1. The summed E-state index contributed by atoms with van der Waals surface area (Å²) >= 11 is 6.06. The number of hydrogen-bond donors (Lipinski definition) is 1. The van der Waals surface area contributed by atoms with Gasteiger partial charge in [-0.15, -0.1) is 0 Å². The molecule has 0 fully saturated rings. The second-order valence-corrected chi connectivity index (χ2v) is 6.46. The first kappa shape index (κ1) is 15.7. The third kappa shape index (κ3) is 2.76. The summed E-state index contributed by atoms with van der Waals surface area (Å²) in [5, 5.41) is 10.3. The zero-order valence-electron chi connectivity index (χ0n) is 13.2. The highest BCUT2D eigenvalue weighted by Crippen LogP contribution is 2.27. The number of nitrogens with zero attached hydrogens (tertiary/aromatic N) is 1. The molecule has 1 aromatic heterocycles. The molecule has 1 aliphatic rings. The predicted molar refractivity (Wildman–Crippen MR) is 93.1 cm³/mol. The Bertz CT molecular complexity index is 1010. The molecule has 3 aromatic rings. The molecule has 126 valence electrons. The molecule has 0 bridgehead atoms. The first-order valence-electron chi connectivity index (χ1n) is 7.84. The maximum atomic E-state index is 12.8. The summed E-state index contributed by atoms with van der Waals surface area (Å²) in [4.78, 5) is 25.7. The number of furan rings is 1. The molecule has 0 unspecified atom stereocenters. The summed E-state index contributed by atoms with van der Waals surface area (Å²) in [5.74, 6) is -1.12. The Balaban J connectivity index is 1.62. The van der Waals surface area contributed by atoms with Crippen LogP contribution >= 0.6 is 11.6 Å². The lowest BCUT2D eigenvalue weighted by atomic mass is 9.96. The highest BCUT2D eigenvalue weighted by atomic mass is 35.5. The third-order valence-corrected chi connectivity index (χ3v) is 4.83. The fourth-order valence-electron chi connectivity index (χ4n) is 3.19. The van der Waals surface area contributed by atoms with Gasteiger partial charge in [0, 0.05) is 24.0 Å². The number of carbonyl (C=O) groups excluding carboxylic acids is 1. The lowest BCUT2D eigenvalue weighted by Gasteiger charge is -2.29. The predicted octanol–water partition coefficient (Wildman–Crippen LogP) is 3.98. The van der Waals surface area contributed by atoms with E-state index in [0.29, 0.717) is 30.7 Å². The molecule has 0 aliphatic carbocycles. The van der Waals surface area contributed by atoms with Gasteiger partial charge in [-0.3, -0.25) is 4.79 Å². The standard InChI is InChI=1S/C19H14ClNO4/c20-16-8-14-10-21(5-3-12(14)7-15(16)19(23)24)18(22)13-2-1-11-4-6-25-17(11)9-13/h1-2,4,6-9H,3,5,10H2,(H,23,24). The maximum Gasteiger partial charge on any atom is 0.337 e. The van der Waals surface area contributed by atoms with Crippen LogP contribution in [0.25, 0.3) is 11.0 Å². The molecule has 1 amide bonds. The van der Waals surface area contributed by atoms with E-state index in [1.54, 1.807) is 35.4 Å². The number of fused-ring (bicyclic) bond motifs is 2. The monoisotopic (exact) mass is 355 g/mol. The van der Waals surface area contributed by atoms with Crippen molar-refractivity contribution in [1.82, 2.24) is 4.90 Å². The van der Waals surface area contributed by atoms with E-state index in [-0.39, 0.29) is 16.5 Å². The molecular formula is C19H14ClNO4. The quantitative estimate of drug-likeness (QED) is 0.754. The van der Waals surface area contributed by atoms with Gasteiger partial charge in [-0.1, -0.05) is 17.7 Å². The molecule has 2 aromatic carbocycles. The zero-order valence-corrected chi connectivity index (χ0v) is 13.9. The van der Waals surface area contributed by atoms with Gasteiger partial charge in [0.1, 0.15) is 5.58 Å². The van der Waals surface area contributed by atoms with E-state index in [4.69, 9.17) is 21.1 Å². The Morgan fingerprint density at radius 2 is 1.96 bits per heavy atom. The van der Waals surface area contributed by atoms with Gasteiger partial charge in [0.25, 0.3) is 5.91 Å². The van der Waals surface area contributed by atoms with Crippen molar-refractivity contribution >= 4 is 34.4 Å². The Hall–Kier alpha value is -2.79.